The van der Waals surface area contributed by atoms with E-state index < -0.39 is 4.92 Å². The lowest BCUT2D eigenvalue weighted by atomic mass is 10.3. The van der Waals surface area contributed by atoms with Crippen LogP contribution < -0.4 is 5.32 Å². The minimum Gasteiger partial charge on any atom is -0.383 e. The van der Waals surface area contributed by atoms with Crippen LogP contribution in [-0.2, 0) is 11.3 Å². The Kier molecular flexibility index (Phi) is 5.26. The SMILES string of the molecule is COCCNCc1ccn(-c2ccc(Cl)c([N+](=O)[O-])c2)n1. The number of hydrogen-bond acceptors (Lipinski definition) is 5. The van der Waals surface area contributed by atoms with Crippen molar-refractivity contribution in [1.82, 2.24) is 15.1 Å². The molecule has 0 radical (unpaired) electrons. The van der Waals surface area contributed by atoms with E-state index in [9.17, 15) is 10.1 Å². The Balaban J connectivity index is 2.10. The number of rotatable bonds is 7. The number of hydrogen-bond donors (Lipinski definition) is 1. The first-order valence-corrected chi connectivity index (χ1v) is 6.68. The first-order chi connectivity index (χ1) is 10.1. The van der Waals surface area contributed by atoms with Gasteiger partial charge in [-0.1, -0.05) is 11.6 Å². The van der Waals surface area contributed by atoms with Gasteiger partial charge in [-0.3, -0.25) is 10.1 Å². The van der Waals surface area contributed by atoms with E-state index in [0.717, 1.165) is 12.2 Å². The summed E-state index contributed by atoms with van der Waals surface area (Å²) >= 11 is 5.79. The van der Waals surface area contributed by atoms with Gasteiger partial charge < -0.3 is 10.1 Å². The van der Waals surface area contributed by atoms with Gasteiger partial charge in [0, 0.05) is 32.5 Å². The number of nitrogens with one attached hydrogen (secondary N) is 1. The number of ether oxygens (including phenoxy) is 1. The minimum atomic E-state index is -0.511. The molecule has 7 nitrogen and oxygen atoms in total. The Labute approximate surface area is 126 Å². The normalized spacial score (nSPS) is 10.8. The number of methoxy groups -OCH3 is 1. The second-order valence-corrected chi connectivity index (χ2v) is 4.72. The molecular weight excluding hydrogens is 296 g/mol. The molecule has 0 bridgehead atoms. The van der Waals surface area contributed by atoms with Crippen molar-refractivity contribution in [1.29, 1.82) is 0 Å². The zero-order valence-electron chi connectivity index (χ0n) is 11.5. The van der Waals surface area contributed by atoms with Crippen molar-refractivity contribution in [2.24, 2.45) is 0 Å². The van der Waals surface area contributed by atoms with Gasteiger partial charge in [-0.05, 0) is 18.2 Å². The second kappa shape index (κ2) is 7.16. The van der Waals surface area contributed by atoms with Crippen LogP contribution in [0.3, 0.4) is 0 Å². The average Bonchev–Trinajstić information content (AvgIpc) is 2.92. The fourth-order valence-electron chi connectivity index (χ4n) is 1.77. The molecule has 1 aromatic heterocycles. The molecule has 1 N–H and O–H groups in total. The van der Waals surface area contributed by atoms with Crippen LogP contribution in [0.15, 0.2) is 30.5 Å². The number of nitro benzene ring substituents is 1. The van der Waals surface area contributed by atoms with E-state index in [4.69, 9.17) is 16.3 Å². The largest absolute Gasteiger partial charge is 0.383 e. The number of nitrogens with zero attached hydrogens (tertiary/aromatic N) is 3. The first-order valence-electron chi connectivity index (χ1n) is 6.30. The molecule has 0 spiro atoms. The summed E-state index contributed by atoms with van der Waals surface area (Å²) in [5.74, 6) is 0. The fraction of sp³-hybridized carbons (Fsp3) is 0.308. The molecular formula is C13H15ClN4O3. The van der Waals surface area contributed by atoms with Crippen molar-refractivity contribution in [3.05, 3.63) is 51.3 Å². The number of nitro groups is 1. The molecule has 1 aromatic carbocycles. The third kappa shape index (κ3) is 4.01. The van der Waals surface area contributed by atoms with E-state index in [-0.39, 0.29) is 10.7 Å². The average molecular weight is 311 g/mol. The maximum absolute atomic E-state index is 10.9. The Bertz CT molecular complexity index is 630. The van der Waals surface area contributed by atoms with Gasteiger partial charge in [0.05, 0.1) is 22.9 Å². The number of aromatic nitrogens is 2. The minimum absolute atomic E-state index is 0.109. The summed E-state index contributed by atoms with van der Waals surface area (Å²) in [5, 5.41) is 18.5. The molecule has 0 amide bonds. The summed E-state index contributed by atoms with van der Waals surface area (Å²) in [6, 6.07) is 6.43. The maximum atomic E-state index is 10.9. The highest BCUT2D eigenvalue weighted by atomic mass is 35.5. The van der Waals surface area contributed by atoms with Gasteiger partial charge in [-0.2, -0.15) is 5.10 Å². The summed E-state index contributed by atoms with van der Waals surface area (Å²) in [6.07, 6.45) is 1.75. The monoisotopic (exact) mass is 310 g/mol. The predicted molar refractivity (Wildman–Crippen MR) is 78.8 cm³/mol. The lowest BCUT2D eigenvalue weighted by Crippen LogP contribution is -2.18. The summed E-state index contributed by atoms with van der Waals surface area (Å²) in [4.78, 5) is 10.4. The van der Waals surface area contributed by atoms with Crippen molar-refractivity contribution >= 4 is 17.3 Å². The lowest BCUT2D eigenvalue weighted by molar-refractivity contribution is -0.384. The van der Waals surface area contributed by atoms with Gasteiger partial charge >= 0.3 is 0 Å². The van der Waals surface area contributed by atoms with E-state index in [2.05, 4.69) is 10.4 Å². The molecule has 0 saturated heterocycles. The summed E-state index contributed by atoms with van der Waals surface area (Å²) in [5.41, 5.74) is 1.29. The molecule has 1 heterocycles. The van der Waals surface area contributed by atoms with Crippen LogP contribution in [0.25, 0.3) is 5.69 Å². The van der Waals surface area contributed by atoms with Crippen molar-refractivity contribution in [2.45, 2.75) is 6.54 Å². The topological polar surface area (TPSA) is 82.2 Å². The zero-order chi connectivity index (χ0) is 15.2. The third-order valence-corrected chi connectivity index (χ3v) is 3.14. The predicted octanol–water partition coefficient (Wildman–Crippen LogP) is 2.17. The van der Waals surface area contributed by atoms with Crippen LogP contribution in [0.1, 0.15) is 5.69 Å². The van der Waals surface area contributed by atoms with E-state index in [0.29, 0.717) is 18.8 Å². The summed E-state index contributed by atoms with van der Waals surface area (Å²) < 4.78 is 6.52. The van der Waals surface area contributed by atoms with Crippen molar-refractivity contribution in [2.75, 3.05) is 20.3 Å². The van der Waals surface area contributed by atoms with E-state index >= 15 is 0 Å². The molecule has 0 aliphatic heterocycles. The molecule has 0 fully saturated rings. The highest BCUT2D eigenvalue weighted by molar-refractivity contribution is 6.32. The van der Waals surface area contributed by atoms with E-state index in [1.165, 1.54) is 12.1 Å². The van der Waals surface area contributed by atoms with Crippen molar-refractivity contribution in [3.63, 3.8) is 0 Å². The molecule has 2 aromatic rings. The van der Waals surface area contributed by atoms with Gasteiger partial charge in [-0.15, -0.1) is 0 Å². The van der Waals surface area contributed by atoms with Gasteiger partial charge in [-0.25, -0.2) is 4.68 Å². The first kappa shape index (κ1) is 15.4. The molecule has 0 saturated carbocycles. The number of halogens is 1. The van der Waals surface area contributed by atoms with E-state index in [1.807, 2.05) is 6.07 Å². The Hall–Kier alpha value is -1.96. The highest BCUT2D eigenvalue weighted by Crippen LogP contribution is 2.26. The third-order valence-electron chi connectivity index (χ3n) is 2.82. The molecule has 0 unspecified atom stereocenters. The molecule has 21 heavy (non-hydrogen) atoms. The Morgan fingerprint density at radius 1 is 1.48 bits per heavy atom. The highest BCUT2D eigenvalue weighted by Gasteiger charge is 2.13. The fourth-order valence-corrected chi connectivity index (χ4v) is 1.96. The number of benzene rings is 1. The molecule has 2 rings (SSSR count). The van der Waals surface area contributed by atoms with Gasteiger partial charge in [0.25, 0.3) is 5.69 Å². The molecule has 0 atom stereocenters. The lowest BCUT2D eigenvalue weighted by Gasteiger charge is -2.03. The van der Waals surface area contributed by atoms with Crippen molar-refractivity contribution in [3.8, 4) is 5.69 Å². The van der Waals surface area contributed by atoms with Gasteiger partial charge in [0.15, 0.2) is 0 Å². The Morgan fingerprint density at radius 3 is 3.00 bits per heavy atom. The van der Waals surface area contributed by atoms with Crippen molar-refractivity contribution < 1.29 is 9.66 Å². The second-order valence-electron chi connectivity index (χ2n) is 4.31. The molecule has 8 heteroatoms. The van der Waals surface area contributed by atoms with Crippen LogP contribution in [0, 0.1) is 10.1 Å². The van der Waals surface area contributed by atoms with Crippen LogP contribution in [0.4, 0.5) is 5.69 Å². The van der Waals surface area contributed by atoms with Gasteiger partial charge in [0.2, 0.25) is 0 Å². The quantitative estimate of drug-likeness (QED) is 0.481. The smallest absolute Gasteiger partial charge is 0.290 e. The molecule has 112 valence electrons. The van der Waals surface area contributed by atoms with Crippen LogP contribution in [0.2, 0.25) is 5.02 Å². The van der Waals surface area contributed by atoms with Gasteiger partial charge in [0.1, 0.15) is 5.02 Å². The summed E-state index contributed by atoms with van der Waals surface area (Å²) in [6.45, 7) is 1.96. The van der Waals surface area contributed by atoms with Crippen LogP contribution in [0.5, 0.6) is 0 Å². The summed E-state index contributed by atoms with van der Waals surface area (Å²) in [7, 11) is 1.64. The van der Waals surface area contributed by atoms with E-state index in [1.54, 1.807) is 24.1 Å². The van der Waals surface area contributed by atoms with Crippen LogP contribution >= 0.6 is 11.6 Å². The van der Waals surface area contributed by atoms with Crippen LogP contribution in [-0.4, -0.2) is 35.0 Å². The molecule has 0 aliphatic carbocycles. The molecule has 0 aliphatic rings. The Morgan fingerprint density at radius 2 is 2.29 bits per heavy atom. The standard InChI is InChI=1S/C13H15ClN4O3/c1-21-7-5-15-9-10-4-6-17(16-10)11-2-3-12(14)13(8-11)18(19)20/h2-4,6,8,15H,5,7,9H2,1H3. The maximum Gasteiger partial charge on any atom is 0.290 e. The zero-order valence-corrected chi connectivity index (χ0v) is 12.2.